The van der Waals surface area contributed by atoms with Gasteiger partial charge in [-0.15, -0.1) is 0 Å². The molecular formula is C17H25NO6. The Kier molecular flexibility index (Phi) is 5.35. The first-order valence-electron chi connectivity index (χ1n) is 7.97. The minimum absolute atomic E-state index is 0.242. The Morgan fingerprint density at radius 1 is 1.21 bits per heavy atom. The van der Waals surface area contributed by atoms with Gasteiger partial charge in [-0.05, 0) is 34.6 Å². The summed E-state index contributed by atoms with van der Waals surface area (Å²) >= 11 is 0. The lowest BCUT2D eigenvalue weighted by Gasteiger charge is -2.33. The van der Waals surface area contributed by atoms with Crippen molar-refractivity contribution in [3.8, 4) is 0 Å². The molecule has 134 valence electrons. The van der Waals surface area contributed by atoms with Crippen molar-refractivity contribution in [2.24, 2.45) is 5.92 Å². The van der Waals surface area contributed by atoms with Crippen LogP contribution in [0.2, 0.25) is 0 Å². The van der Waals surface area contributed by atoms with Crippen LogP contribution in [0.5, 0.6) is 0 Å². The zero-order valence-corrected chi connectivity index (χ0v) is 15.0. The Morgan fingerprint density at radius 3 is 2.25 bits per heavy atom. The second kappa shape index (κ2) is 6.94. The van der Waals surface area contributed by atoms with Crippen LogP contribution >= 0.6 is 0 Å². The second-order valence-electron chi connectivity index (χ2n) is 6.26. The Labute approximate surface area is 142 Å². The van der Waals surface area contributed by atoms with Crippen LogP contribution < -0.4 is 5.32 Å². The second-order valence-corrected chi connectivity index (χ2v) is 6.26. The third kappa shape index (κ3) is 3.47. The van der Waals surface area contributed by atoms with Crippen molar-refractivity contribution in [1.82, 2.24) is 5.32 Å². The Bertz CT molecular complexity index is 604. The molecule has 7 nitrogen and oxygen atoms in total. The molecule has 0 bridgehead atoms. The molecule has 2 heterocycles. The quantitative estimate of drug-likeness (QED) is 0.780. The Balaban J connectivity index is 2.50. The SMILES string of the molecule is CCOC(=O)C1=C(C)NC(C)=C(C(=O)OC)[C@@H]1[C@H]1COC(C)(C)O1. The number of allylic oxidation sites excluding steroid dienone is 2. The standard InChI is InChI=1S/C17H25NO6/c1-7-22-16(20)13-10(3)18-9(2)12(15(19)21-6)14(13)11-8-23-17(4,5)24-11/h11,14,18H,7-8H2,1-6H3/t11-,14+/m1/s1. The number of rotatable bonds is 4. The number of dihydropyridines is 1. The highest BCUT2D eigenvalue weighted by Gasteiger charge is 2.47. The van der Waals surface area contributed by atoms with Crippen molar-refractivity contribution in [3.63, 3.8) is 0 Å². The summed E-state index contributed by atoms with van der Waals surface area (Å²) in [5, 5.41) is 3.07. The molecule has 0 aromatic rings. The first-order valence-corrected chi connectivity index (χ1v) is 7.97. The third-order valence-electron chi connectivity index (χ3n) is 4.11. The van der Waals surface area contributed by atoms with E-state index in [-0.39, 0.29) is 13.2 Å². The van der Waals surface area contributed by atoms with Gasteiger partial charge >= 0.3 is 11.9 Å². The minimum Gasteiger partial charge on any atom is -0.466 e. The smallest absolute Gasteiger partial charge is 0.336 e. The van der Waals surface area contributed by atoms with Gasteiger partial charge in [-0.2, -0.15) is 0 Å². The normalized spacial score (nSPS) is 26.2. The van der Waals surface area contributed by atoms with Gasteiger partial charge in [0.25, 0.3) is 0 Å². The van der Waals surface area contributed by atoms with E-state index < -0.39 is 29.7 Å². The first-order chi connectivity index (χ1) is 11.2. The van der Waals surface area contributed by atoms with E-state index in [2.05, 4.69) is 5.32 Å². The predicted octanol–water partition coefficient (Wildman–Crippen LogP) is 1.64. The summed E-state index contributed by atoms with van der Waals surface area (Å²) < 4.78 is 21.7. The molecule has 0 saturated carbocycles. The molecule has 0 aromatic heterocycles. The summed E-state index contributed by atoms with van der Waals surface area (Å²) in [7, 11) is 1.31. The van der Waals surface area contributed by atoms with Crippen LogP contribution in [-0.4, -0.2) is 44.2 Å². The minimum atomic E-state index is -0.779. The number of esters is 2. The molecule has 2 atom stereocenters. The van der Waals surface area contributed by atoms with E-state index in [0.29, 0.717) is 22.5 Å². The van der Waals surface area contributed by atoms with Crippen molar-refractivity contribution in [2.45, 2.75) is 46.5 Å². The molecule has 0 aromatic carbocycles. The number of carbonyl (C=O) groups excluding carboxylic acids is 2. The van der Waals surface area contributed by atoms with Crippen LogP contribution in [0.25, 0.3) is 0 Å². The molecule has 1 N–H and O–H groups in total. The van der Waals surface area contributed by atoms with Gasteiger partial charge in [-0.25, -0.2) is 9.59 Å². The van der Waals surface area contributed by atoms with Crippen LogP contribution in [0.15, 0.2) is 22.5 Å². The number of hydrogen-bond acceptors (Lipinski definition) is 7. The fraction of sp³-hybridized carbons (Fsp3) is 0.647. The number of nitrogens with one attached hydrogen (secondary N) is 1. The van der Waals surface area contributed by atoms with Gasteiger partial charge in [-0.3, -0.25) is 0 Å². The molecular weight excluding hydrogens is 314 g/mol. The van der Waals surface area contributed by atoms with Gasteiger partial charge in [0.05, 0.1) is 43.5 Å². The van der Waals surface area contributed by atoms with E-state index in [1.54, 1.807) is 34.6 Å². The number of hydrogen-bond donors (Lipinski definition) is 1. The molecule has 0 spiro atoms. The zero-order valence-electron chi connectivity index (χ0n) is 15.0. The molecule has 2 aliphatic heterocycles. The van der Waals surface area contributed by atoms with Crippen molar-refractivity contribution < 1.29 is 28.5 Å². The van der Waals surface area contributed by atoms with E-state index in [1.165, 1.54) is 7.11 Å². The average molecular weight is 339 g/mol. The fourth-order valence-electron chi connectivity index (χ4n) is 3.16. The molecule has 1 saturated heterocycles. The largest absolute Gasteiger partial charge is 0.466 e. The molecule has 0 unspecified atom stereocenters. The van der Waals surface area contributed by atoms with Crippen molar-refractivity contribution >= 4 is 11.9 Å². The Morgan fingerprint density at radius 2 is 1.79 bits per heavy atom. The average Bonchev–Trinajstić information content (AvgIpc) is 2.85. The van der Waals surface area contributed by atoms with Crippen LogP contribution in [0.1, 0.15) is 34.6 Å². The van der Waals surface area contributed by atoms with Crippen LogP contribution in [0.4, 0.5) is 0 Å². The number of methoxy groups -OCH3 is 1. The Hall–Kier alpha value is -1.86. The van der Waals surface area contributed by atoms with Crippen molar-refractivity contribution in [2.75, 3.05) is 20.3 Å². The molecule has 0 amide bonds. The lowest BCUT2D eigenvalue weighted by molar-refractivity contribution is -0.149. The monoisotopic (exact) mass is 339 g/mol. The van der Waals surface area contributed by atoms with E-state index >= 15 is 0 Å². The first kappa shape index (κ1) is 18.5. The summed E-state index contributed by atoms with van der Waals surface area (Å²) in [6.45, 7) is 9.38. The summed E-state index contributed by atoms with van der Waals surface area (Å²) in [4.78, 5) is 24.9. The molecule has 2 aliphatic rings. The van der Waals surface area contributed by atoms with E-state index in [4.69, 9.17) is 18.9 Å². The molecule has 0 radical (unpaired) electrons. The highest BCUT2D eigenvalue weighted by molar-refractivity contribution is 5.98. The maximum atomic E-state index is 12.5. The van der Waals surface area contributed by atoms with E-state index in [9.17, 15) is 9.59 Å². The zero-order chi connectivity index (χ0) is 18.1. The van der Waals surface area contributed by atoms with E-state index in [1.807, 2.05) is 0 Å². The van der Waals surface area contributed by atoms with Crippen molar-refractivity contribution in [3.05, 3.63) is 22.5 Å². The predicted molar refractivity (Wildman–Crippen MR) is 85.6 cm³/mol. The van der Waals surface area contributed by atoms with E-state index in [0.717, 1.165) is 0 Å². The van der Waals surface area contributed by atoms with Crippen molar-refractivity contribution in [1.29, 1.82) is 0 Å². The lowest BCUT2D eigenvalue weighted by atomic mass is 9.81. The van der Waals surface area contributed by atoms with Crippen LogP contribution in [-0.2, 0) is 28.5 Å². The van der Waals surface area contributed by atoms with Gasteiger partial charge < -0.3 is 24.3 Å². The summed E-state index contributed by atoms with van der Waals surface area (Å²) in [5.41, 5.74) is 1.99. The van der Waals surface area contributed by atoms with Gasteiger partial charge in [0.2, 0.25) is 0 Å². The van der Waals surface area contributed by atoms with Gasteiger partial charge in [-0.1, -0.05) is 0 Å². The number of ether oxygens (including phenoxy) is 4. The molecule has 1 fully saturated rings. The topological polar surface area (TPSA) is 83.1 Å². The fourth-order valence-corrected chi connectivity index (χ4v) is 3.16. The lowest BCUT2D eigenvalue weighted by Crippen LogP contribution is -2.40. The van der Waals surface area contributed by atoms with Crippen LogP contribution in [0.3, 0.4) is 0 Å². The van der Waals surface area contributed by atoms with Gasteiger partial charge in [0, 0.05) is 11.4 Å². The molecule has 2 rings (SSSR count). The molecule has 0 aliphatic carbocycles. The molecule has 7 heteroatoms. The highest BCUT2D eigenvalue weighted by Crippen LogP contribution is 2.39. The number of carbonyl (C=O) groups is 2. The summed E-state index contributed by atoms with van der Waals surface area (Å²) in [6, 6.07) is 0. The van der Waals surface area contributed by atoms with Crippen LogP contribution in [0, 0.1) is 5.92 Å². The maximum absolute atomic E-state index is 12.5. The summed E-state index contributed by atoms with van der Waals surface area (Å²) in [5.74, 6) is -2.37. The summed E-state index contributed by atoms with van der Waals surface area (Å²) in [6.07, 6.45) is -0.486. The van der Waals surface area contributed by atoms with Gasteiger partial charge in [0.15, 0.2) is 5.79 Å². The maximum Gasteiger partial charge on any atom is 0.336 e. The molecule has 24 heavy (non-hydrogen) atoms. The highest BCUT2D eigenvalue weighted by atomic mass is 16.7. The third-order valence-corrected chi connectivity index (χ3v) is 4.11. The van der Waals surface area contributed by atoms with Gasteiger partial charge in [0.1, 0.15) is 0 Å².